The number of nitrogens with zero attached hydrogens (tertiary/aromatic N) is 1. The van der Waals surface area contributed by atoms with Crippen LogP contribution in [-0.4, -0.2) is 31.0 Å². The van der Waals surface area contributed by atoms with Crippen molar-refractivity contribution in [3.8, 4) is 11.5 Å². The molecule has 0 unspecified atom stereocenters. The van der Waals surface area contributed by atoms with Gasteiger partial charge in [0.05, 0.1) is 32.0 Å². The summed E-state index contributed by atoms with van der Waals surface area (Å²) in [4.78, 5) is 36.0. The lowest BCUT2D eigenvalue weighted by atomic mass is 10.1. The van der Waals surface area contributed by atoms with E-state index in [1.165, 1.54) is 63.0 Å². The van der Waals surface area contributed by atoms with Gasteiger partial charge in [0.2, 0.25) is 0 Å². The fraction of sp³-hybridized carbons (Fsp3) is 0.130. The molecule has 0 fully saturated rings. The Kier molecular flexibility index (Phi) is 7.43. The largest absolute Gasteiger partial charge is 0.493 e. The van der Waals surface area contributed by atoms with Gasteiger partial charge in [0.15, 0.2) is 11.5 Å². The number of carbonyl (C=O) groups is 2. The first kappa shape index (κ1) is 23.1. The maximum atomic E-state index is 12.9. The summed E-state index contributed by atoms with van der Waals surface area (Å²) in [5.74, 6) is 0.209. The Bertz CT molecular complexity index is 1170. The van der Waals surface area contributed by atoms with E-state index in [9.17, 15) is 19.7 Å². The molecule has 0 radical (unpaired) electrons. The molecular formula is C23H21N3O7. The first-order valence-electron chi connectivity index (χ1n) is 9.71. The highest BCUT2D eigenvalue weighted by molar-refractivity contribution is 6.05. The molecule has 2 N–H and O–H groups in total. The normalized spacial score (nSPS) is 10.9. The highest BCUT2D eigenvalue weighted by Crippen LogP contribution is 2.27. The molecule has 0 saturated heterocycles. The average molecular weight is 451 g/mol. The van der Waals surface area contributed by atoms with E-state index in [-0.39, 0.29) is 23.5 Å². The number of nitrogens with one attached hydrogen (secondary N) is 2. The van der Waals surface area contributed by atoms with Crippen molar-refractivity contribution < 1.29 is 28.4 Å². The number of non-ortho nitro benzene ring substituents is 1. The first-order chi connectivity index (χ1) is 15.9. The zero-order chi connectivity index (χ0) is 23.8. The number of rotatable bonds is 9. The SMILES string of the molecule is COc1ccc(C(=O)NC(=Cc2ccc([N+](=O)[O-])cc2)C(=O)NCc2ccco2)cc1OC. The minimum atomic E-state index is -0.571. The molecule has 0 aliphatic carbocycles. The van der Waals surface area contributed by atoms with E-state index < -0.39 is 16.7 Å². The summed E-state index contributed by atoms with van der Waals surface area (Å²) < 4.78 is 15.6. The fourth-order valence-corrected chi connectivity index (χ4v) is 2.87. The van der Waals surface area contributed by atoms with E-state index >= 15 is 0 Å². The molecule has 0 aliphatic heterocycles. The molecule has 0 saturated carbocycles. The fourth-order valence-electron chi connectivity index (χ4n) is 2.87. The number of benzene rings is 2. The van der Waals surface area contributed by atoms with Gasteiger partial charge >= 0.3 is 0 Å². The molecule has 0 atom stereocenters. The lowest BCUT2D eigenvalue weighted by Gasteiger charge is -2.12. The molecule has 2 amide bonds. The number of ether oxygens (including phenoxy) is 2. The van der Waals surface area contributed by atoms with Crippen LogP contribution in [0.2, 0.25) is 0 Å². The van der Waals surface area contributed by atoms with Crippen molar-refractivity contribution in [2.45, 2.75) is 6.54 Å². The maximum Gasteiger partial charge on any atom is 0.269 e. The van der Waals surface area contributed by atoms with Crippen LogP contribution in [0.1, 0.15) is 21.7 Å². The van der Waals surface area contributed by atoms with Gasteiger partial charge in [-0.3, -0.25) is 19.7 Å². The third kappa shape index (κ3) is 5.97. The van der Waals surface area contributed by atoms with Crippen molar-refractivity contribution in [3.05, 3.63) is 93.6 Å². The zero-order valence-corrected chi connectivity index (χ0v) is 17.9. The summed E-state index contributed by atoms with van der Waals surface area (Å²) in [7, 11) is 2.92. The van der Waals surface area contributed by atoms with Crippen LogP contribution in [-0.2, 0) is 11.3 Å². The monoisotopic (exact) mass is 451 g/mol. The smallest absolute Gasteiger partial charge is 0.269 e. The highest BCUT2D eigenvalue weighted by Gasteiger charge is 2.17. The number of amides is 2. The number of nitro benzene ring substituents is 1. The summed E-state index contributed by atoms with van der Waals surface area (Å²) in [6.07, 6.45) is 2.90. The Hall–Kier alpha value is -4.60. The Morgan fingerprint density at radius 2 is 1.79 bits per heavy atom. The summed E-state index contributed by atoms with van der Waals surface area (Å²) in [5, 5.41) is 16.1. The number of nitro groups is 1. The second-order valence-electron chi connectivity index (χ2n) is 6.69. The standard InChI is InChI=1S/C23H21N3O7/c1-31-20-10-7-16(13-21(20)32-2)22(27)25-19(23(28)24-14-18-4-3-11-33-18)12-15-5-8-17(9-6-15)26(29)30/h3-13H,14H2,1-2H3,(H,24,28)(H,25,27). The molecule has 3 rings (SSSR count). The van der Waals surface area contributed by atoms with Gasteiger partial charge in [-0.15, -0.1) is 0 Å². The van der Waals surface area contributed by atoms with E-state index in [0.29, 0.717) is 22.8 Å². The van der Waals surface area contributed by atoms with Crippen LogP contribution in [0.4, 0.5) is 5.69 Å². The van der Waals surface area contributed by atoms with Gasteiger partial charge in [-0.25, -0.2) is 0 Å². The van der Waals surface area contributed by atoms with Gasteiger partial charge in [-0.05, 0) is 54.1 Å². The van der Waals surface area contributed by atoms with Crippen LogP contribution in [0.5, 0.6) is 11.5 Å². The van der Waals surface area contributed by atoms with E-state index in [0.717, 1.165) is 0 Å². The molecule has 1 heterocycles. The Labute approximate surface area is 189 Å². The number of hydrogen-bond acceptors (Lipinski definition) is 7. The van der Waals surface area contributed by atoms with Crippen molar-refractivity contribution in [3.63, 3.8) is 0 Å². The molecule has 170 valence electrons. The van der Waals surface area contributed by atoms with Crippen LogP contribution in [0.3, 0.4) is 0 Å². The molecule has 3 aromatic rings. The van der Waals surface area contributed by atoms with Crippen LogP contribution in [0.25, 0.3) is 6.08 Å². The number of hydrogen-bond donors (Lipinski definition) is 2. The topological polar surface area (TPSA) is 133 Å². The van der Waals surface area contributed by atoms with E-state index in [4.69, 9.17) is 13.9 Å². The van der Waals surface area contributed by atoms with Gasteiger partial charge in [-0.1, -0.05) is 0 Å². The van der Waals surface area contributed by atoms with Crippen molar-refractivity contribution in [2.75, 3.05) is 14.2 Å². The number of furan rings is 1. The summed E-state index contributed by atoms with van der Waals surface area (Å²) in [6, 6.07) is 13.5. The van der Waals surface area contributed by atoms with Gasteiger partial charge in [0.25, 0.3) is 17.5 Å². The van der Waals surface area contributed by atoms with Crippen molar-refractivity contribution in [1.82, 2.24) is 10.6 Å². The molecular weight excluding hydrogens is 430 g/mol. The molecule has 0 aliphatic rings. The van der Waals surface area contributed by atoms with Crippen LogP contribution < -0.4 is 20.1 Å². The highest BCUT2D eigenvalue weighted by atomic mass is 16.6. The van der Waals surface area contributed by atoms with E-state index in [1.807, 2.05) is 0 Å². The second kappa shape index (κ2) is 10.6. The third-order valence-corrected chi connectivity index (χ3v) is 4.56. The molecule has 33 heavy (non-hydrogen) atoms. The second-order valence-corrected chi connectivity index (χ2v) is 6.69. The van der Waals surface area contributed by atoms with Gasteiger partial charge < -0.3 is 24.5 Å². The Morgan fingerprint density at radius 3 is 2.39 bits per heavy atom. The molecule has 1 aromatic heterocycles. The minimum Gasteiger partial charge on any atom is -0.493 e. The quantitative estimate of drug-likeness (QED) is 0.290. The first-order valence-corrected chi connectivity index (χ1v) is 9.71. The average Bonchev–Trinajstić information content (AvgIpc) is 3.35. The predicted molar refractivity (Wildman–Crippen MR) is 119 cm³/mol. The third-order valence-electron chi connectivity index (χ3n) is 4.56. The molecule has 2 aromatic carbocycles. The van der Waals surface area contributed by atoms with Crippen LogP contribution in [0, 0.1) is 10.1 Å². The number of methoxy groups -OCH3 is 2. The zero-order valence-electron chi connectivity index (χ0n) is 17.9. The summed E-state index contributed by atoms with van der Waals surface area (Å²) in [5.41, 5.74) is 0.568. The predicted octanol–water partition coefficient (Wildman–Crippen LogP) is 3.29. The van der Waals surface area contributed by atoms with Crippen molar-refractivity contribution in [2.24, 2.45) is 0 Å². The van der Waals surface area contributed by atoms with Gasteiger partial charge in [0, 0.05) is 17.7 Å². The Balaban J connectivity index is 1.86. The molecule has 0 spiro atoms. The molecule has 10 nitrogen and oxygen atoms in total. The van der Waals surface area contributed by atoms with Crippen LogP contribution >= 0.6 is 0 Å². The van der Waals surface area contributed by atoms with Crippen LogP contribution in [0.15, 0.2) is 71.0 Å². The van der Waals surface area contributed by atoms with Gasteiger partial charge in [-0.2, -0.15) is 0 Å². The Morgan fingerprint density at radius 1 is 1.06 bits per heavy atom. The molecule has 10 heteroatoms. The number of carbonyl (C=O) groups excluding carboxylic acids is 2. The van der Waals surface area contributed by atoms with Gasteiger partial charge in [0.1, 0.15) is 11.5 Å². The van der Waals surface area contributed by atoms with E-state index in [2.05, 4.69) is 10.6 Å². The van der Waals surface area contributed by atoms with Crippen molar-refractivity contribution >= 4 is 23.6 Å². The lowest BCUT2D eigenvalue weighted by Crippen LogP contribution is -2.34. The molecule has 0 bridgehead atoms. The van der Waals surface area contributed by atoms with E-state index in [1.54, 1.807) is 18.2 Å². The summed E-state index contributed by atoms with van der Waals surface area (Å²) in [6.45, 7) is 0.107. The minimum absolute atomic E-state index is 0.0600. The van der Waals surface area contributed by atoms with Crippen molar-refractivity contribution in [1.29, 1.82) is 0 Å². The lowest BCUT2D eigenvalue weighted by molar-refractivity contribution is -0.384. The summed E-state index contributed by atoms with van der Waals surface area (Å²) >= 11 is 0. The maximum absolute atomic E-state index is 12.9.